The van der Waals surface area contributed by atoms with Crippen LogP contribution in [0, 0.1) is 18.7 Å². The number of halogens is 3. The van der Waals surface area contributed by atoms with Gasteiger partial charge in [0.15, 0.2) is 0 Å². The molecule has 0 fully saturated rings. The molecule has 0 aliphatic carbocycles. The first-order valence-corrected chi connectivity index (χ1v) is 17.0. The van der Waals surface area contributed by atoms with E-state index in [1.807, 2.05) is 51.1 Å². The molecule has 2 amide bonds. The van der Waals surface area contributed by atoms with Gasteiger partial charge in [-0.05, 0) is 54.8 Å². The first-order valence-electron chi connectivity index (χ1n) is 14.8. The monoisotopic (exact) mass is 683 g/mol. The zero-order valence-corrected chi connectivity index (χ0v) is 28.1. The molecule has 0 heterocycles. The highest BCUT2D eigenvalue weighted by Gasteiger charge is 2.35. The molecule has 0 saturated carbocycles. The van der Waals surface area contributed by atoms with Crippen molar-refractivity contribution in [3.05, 3.63) is 130 Å². The van der Waals surface area contributed by atoms with Crippen molar-refractivity contribution < 1.29 is 22.4 Å². The highest BCUT2D eigenvalue weighted by Crippen LogP contribution is 2.33. The molecule has 0 spiro atoms. The van der Waals surface area contributed by atoms with Crippen molar-refractivity contribution in [3.63, 3.8) is 0 Å². The van der Waals surface area contributed by atoms with E-state index in [9.17, 15) is 18.0 Å². The normalized spacial score (nSPS) is 12.1. The first-order chi connectivity index (χ1) is 21.9. The molecule has 0 bridgehead atoms. The van der Waals surface area contributed by atoms with E-state index in [2.05, 4.69) is 5.32 Å². The maximum Gasteiger partial charge on any atom is 0.264 e. The van der Waals surface area contributed by atoms with E-state index in [1.54, 1.807) is 18.2 Å². The largest absolute Gasteiger partial charge is 0.354 e. The third-order valence-corrected chi connectivity index (χ3v) is 9.65. The van der Waals surface area contributed by atoms with Crippen molar-refractivity contribution in [2.45, 2.75) is 44.7 Å². The van der Waals surface area contributed by atoms with Crippen LogP contribution in [0.3, 0.4) is 0 Å². The Balaban J connectivity index is 1.84. The van der Waals surface area contributed by atoms with Crippen LogP contribution in [-0.4, -0.2) is 44.3 Å². The zero-order valence-electron chi connectivity index (χ0n) is 25.8. The molecule has 0 aliphatic rings. The van der Waals surface area contributed by atoms with Gasteiger partial charge in [-0.1, -0.05) is 103 Å². The molecule has 0 aromatic heterocycles. The number of amides is 2. The van der Waals surface area contributed by atoms with E-state index < -0.39 is 40.2 Å². The Bertz CT molecular complexity index is 1770. The van der Waals surface area contributed by atoms with Crippen LogP contribution in [0.4, 0.5) is 10.1 Å². The smallest absolute Gasteiger partial charge is 0.264 e. The number of anilines is 1. The quantitative estimate of drug-likeness (QED) is 0.164. The van der Waals surface area contributed by atoms with Crippen LogP contribution in [0.1, 0.15) is 30.5 Å². The minimum absolute atomic E-state index is 0.0159. The number of sulfonamides is 1. The SMILES string of the molecule is Cc1ccc(S(=O)(=O)N(CC(=O)N(Cc2ccccc2F)[C@@H](Cc2ccccc2)C(=O)NCC(C)C)c2cc(Cl)ccc2Cl)cc1. The van der Waals surface area contributed by atoms with Gasteiger partial charge in [0.2, 0.25) is 11.8 Å². The van der Waals surface area contributed by atoms with Gasteiger partial charge in [-0.2, -0.15) is 0 Å². The second-order valence-electron chi connectivity index (χ2n) is 11.4. The van der Waals surface area contributed by atoms with Gasteiger partial charge in [-0.15, -0.1) is 0 Å². The number of aryl methyl sites for hydroxylation is 1. The van der Waals surface area contributed by atoms with Gasteiger partial charge in [0, 0.05) is 30.1 Å². The van der Waals surface area contributed by atoms with Crippen molar-refractivity contribution in [2.75, 3.05) is 17.4 Å². The van der Waals surface area contributed by atoms with Gasteiger partial charge >= 0.3 is 0 Å². The predicted molar refractivity (Wildman–Crippen MR) is 181 cm³/mol. The summed E-state index contributed by atoms with van der Waals surface area (Å²) in [4.78, 5) is 29.5. The lowest BCUT2D eigenvalue weighted by Gasteiger charge is -2.34. The number of hydrogen-bond acceptors (Lipinski definition) is 4. The molecule has 1 N–H and O–H groups in total. The van der Waals surface area contributed by atoms with E-state index in [0.29, 0.717) is 6.54 Å². The molecule has 0 radical (unpaired) electrons. The predicted octanol–water partition coefficient (Wildman–Crippen LogP) is 7.05. The summed E-state index contributed by atoms with van der Waals surface area (Å²) in [5.41, 5.74) is 1.76. The lowest BCUT2D eigenvalue weighted by Crippen LogP contribution is -2.54. The summed E-state index contributed by atoms with van der Waals surface area (Å²) in [6, 6.07) is 24.4. The molecule has 0 saturated heterocycles. The zero-order chi connectivity index (χ0) is 33.4. The standard InChI is InChI=1S/C35H36Cl2FN3O4S/c1-24(2)21-39-35(43)33(19-26-9-5-4-6-10-26)40(22-27-11-7-8-12-31(27)38)34(42)23-41(32-20-28(36)15-18-30(32)37)46(44,45)29-16-13-25(3)14-17-29/h4-18,20,24,33H,19,21-23H2,1-3H3,(H,39,43)/t33-/m0/s1. The van der Waals surface area contributed by atoms with Crippen LogP contribution in [0.25, 0.3) is 0 Å². The minimum atomic E-state index is -4.38. The summed E-state index contributed by atoms with van der Waals surface area (Å²) < 4.78 is 44.3. The Morgan fingerprint density at radius 2 is 1.54 bits per heavy atom. The van der Waals surface area contributed by atoms with Crippen LogP contribution in [0.2, 0.25) is 10.0 Å². The third-order valence-electron chi connectivity index (χ3n) is 7.32. The van der Waals surface area contributed by atoms with E-state index in [-0.39, 0.29) is 45.1 Å². The van der Waals surface area contributed by atoms with Crippen molar-refractivity contribution in [3.8, 4) is 0 Å². The molecule has 7 nitrogen and oxygen atoms in total. The van der Waals surface area contributed by atoms with Gasteiger partial charge in [-0.3, -0.25) is 13.9 Å². The topological polar surface area (TPSA) is 86.8 Å². The van der Waals surface area contributed by atoms with Crippen LogP contribution in [-0.2, 0) is 32.6 Å². The van der Waals surface area contributed by atoms with Gasteiger partial charge in [0.05, 0.1) is 15.6 Å². The number of benzene rings is 4. The average Bonchev–Trinajstić information content (AvgIpc) is 3.03. The Morgan fingerprint density at radius 3 is 2.20 bits per heavy atom. The number of rotatable bonds is 13. The summed E-state index contributed by atoms with van der Waals surface area (Å²) in [6.45, 7) is 5.02. The van der Waals surface area contributed by atoms with Crippen molar-refractivity contribution >= 4 is 50.7 Å². The Labute approximate surface area is 280 Å². The molecule has 4 aromatic carbocycles. The summed E-state index contributed by atoms with van der Waals surface area (Å²) in [7, 11) is -4.38. The van der Waals surface area contributed by atoms with Gasteiger partial charge in [0.25, 0.3) is 10.0 Å². The van der Waals surface area contributed by atoms with Crippen LogP contribution in [0.5, 0.6) is 0 Å². The lowest BCUT2D eigenvalue weighted by atomic mass is 10.0. The third kappa shape index (κ3) is 8.87. The number of nitrogens with zero attached hydrogens (tertiary/aromatic N) is 2. The fraction of sp³-hybridized carbons (Fsp3) is 0.257. The Kier molecular flexibility index (Phi) is 11.8. The second-order valence-corrected chi connectivity index (χ2v) is 14.1. The molecule has 0 aliphatic heterocycles. The van der Waals surface area contributed by atoms with Gasteiger partial charge in [0.1, 0.15) is 18.4 Å². The summed E-state index contributed by atoms with van der Waals surface area (Å²) in [6.07, 6.45) is 0.105. The molecule has 4 rings (SSSR count). The summed E-state index contributed by atoms with van der Waals surface area (Å²) in [5, 5.41) is 3.15. The molecule has 11 heteroatoms. The van der Waals surface area contributed by atoms with Gasteiger partial charge in [-0.25, -0.2) is 12.8 Å². The van der Waals surface area contributed by atoms with E-state index in [1.165, 1.54) is 53.4 Å². The molecular weight excluding hydrogens is 648 g/mol. The number of hydrogen-bond donors (Lipinski definition) is 1. The average molecular weight is 685 g/mol. The van der Waals surface area contributed by atoms with E-state index in [0.717, 1.165) is 15.4 Å². The molecule has 242 valence electrons. The maximum atomic E-state index is 15.0. The number of carbonyl (C=O) groups is 2. The summed E-state index contributed by atoms with van der Waals surface area (Å²) in [5.74, 6) is -1.63. The molecule has 4 aromatic rings. The van der Waals surface area contributed by atoms with Crippen LogP contribution < -0.4 is 9.62 Å². The number of nitrogens with one attached hydrogen (secondary N) is 1. The molecule has 1 atom stereocenters. The van der Waals surface area contributed by atoms with Crippen LogP contribution >= 0.6 is 23.2 Å². The Hall–Kier alpha value is -3.92. The van der Waals surface area contributed by atoms with Crippen molar-refractivity contribution in [2.24, 2.45) is 5.92 Å². The molecule has 46 heavy (non-hydrogen) atoms. The minimum Gasteiger partial charge on any atom is -0.354 e. The van der Waals surface area contributed by atoms with E-state index >= 15 is 4.39 Å². The fourth-order valence-electron chi connectivity index (χ4n) is 4.81. The highest BCUT2D eigenvalue weighted by molar-refractivity contribution is 7.92. The van der Waals surface area contributed by atoms with Gasteiger partial charge < -0.3 is 10.2 Å². The summed E-state index contributed by atoms with van der Waals surface area (Å²) >= 11 is 12.8. The van der Waals surface area contributed by atoms with Crippen molar-refractivity contribution in [1.82, 2.24) is 10.2 Å². The molecule has 0 unspecified atom stereocenters. The fourth-order valence-corrected chi connectivity index (χ4v) is 6.68. The van der Waals surface area contributed by atoms with Crippen LogP contribution in [0.15, 0.2) is 102 Å². The Morgan fingerprint density at radius 1 is 0.891 bits per heavy atom. The first kappa shape index (κ1) is 34.9. The highest BCUT2D eigenvalue weighted by atomic mass is 35.5. The van der Waals surface area contributed by atoms with E-state index in [4.69, 9.17) is 23.2 Å². The lowest BCUT2D eigenvalue weighted by molar-refractivity contribution is -0.140. The second kappa shape index (κ2) is 15.6. The number of carbonyl (C=O) groups excluding carboxylic acids is 2. The molecular formula is C35H36Cl2FN3O4S. The maximum absolute atomic E-state index is 15.0. The van der Waals surface area contributed by atoms with Crippen molar-refractivity contribution in [1.29, 1.82) is 0 Å².